The van der Waals surface area contributed by atoms with Crippen molar-refractivity contribution in [3.8, 4) is 0 Å². The van der Waals surface area contributed by atoms with E-state index in [-0.39, 0.29) is 5.48 Å². The molecule has 1 heterocycles. The maximum atomic E-state index is 3.64. The summed E-state index contributed by atoms with van der Waals surface area (Å²) in [7, 11) is 0. The van der Waals surface area contributed by atoms with E-state index in [0.29, 0.717) is 0 Å². The van der Waals surface area contributed by atoms with E-state index in [2.05, 4.69) is 16.1 Å². The fourth-order valence-electron chi connectivity index (χ4n) is 0.779. The zero-order chi connectivity index (χ0) is 6.69. The molecule has 0 saturated heterocycles. The molecule has 0 aliphatic rings. The fourth-order valence-corrected chi connectivity index (χ4v) is 0.779. The predicted octanol–water partition coefficient (Wildman–Crippen LogP) is 0.620. The lowest BCUT2D eigenvalue weighted by Gasteiger charge is -1.87. The number of aromatic nitrogens is 2. The van der Waals surface area contributed by atoms with Crippen molar-refractivity contribution in [3.63, 3.8) is 0 Å². The molecule has 0 spiro atoms. The van der Waals surface area contributed by atoms with Gasteiger partial charge in [-0.15, -0.1) is 0 Å². The van der Waals surface area contributed by atoms with Gasteiger partial charge in [-0.1, -0.05) is 12.7 Å². The summed E-state index contributed by atoms with van der Waals surface area (Å²) in [5.74, 6) is 1.16. The molecule has 0 radical (unpaired) electrons. The Hall–Kier alpha value is -1.09. The van der Waals surface area contributed by atoms with Crippen LogP contribution in [-0.4, -0.2) is 10.5 Å². The molecule has 0 saturated carbocycles. The van der Waals surface area contributed by atoms with Crippen LogP contribution in [0, 0.1) is 6.92 Å². The van der Waals surface area contributed by atoms with E-state index in [1.54, 1.807) is 0 Å². The second-order valence-electron chi connectivity index (χ2n) is 1.99. The largest absolute Gasteiger partial charge is 0.870 e. The van der Waals surface area contributed by atoms with E-state index in [9.17, 15) is 0 Å². The normalized spacial score (nSPS) is 8.50. The third kappa shape index (κ3) is 1.70. The zero-order valence-corrected chi connectivity index (χ0v) is 6.04. The van der Waals surface area contributed by atoms with Crippen molar-refractivity contribution in [2.24, 2.45) is 0 Å². The number of allylic oxidation sites excluding steroid dienone is 1. The molecule has 56 valence electrons. The molecule has 1 aromatic heterocycles. The minimum absolute atomic E-state index is 0. The zero-order valence-electron chi connectivity index (χ0n) is 6.04. The molecule has 0 atom stereocenters. The van der Waals surface area contributed by atoms with Crippen LogP contribution in [0.15, 0.2) is 25.0 Å². The summed E-state index contributed by atoms with van der Waals surface area (Å²) >= 11 is 0. The minimum atomic E-state index is 0. The van der Waals surface area contributed by atoms with E-state index in [1.165, 1.54) is 0 Å². The molecule has 1 rings (SSSR count). The number of hydrogen-bond donors (Lipinski definition) is 1. The molecule has 0 aromatic carbocycles. The van der Waals surface area contributed by atoms with Gasteiger partial charge in [-0.25, -0.2) is 9.55 Å². The number of rotatable bonds is 2. The van der Waals surface area contributed by atoms with Crippen molar-refractivity contribution in [2.75, 3.05) is 0 Å². The number of nitrogens with zero attached hydrogens (tertiary/aromatic N) is 1. The highest BCUT2D eigenvalue weighted by Crippen LogP contribution is 1.80. The molecule has 0 fully saturated rings. The molecule has 0 aliphatic heterocycles. The lowest BCUT2D eigenvalue weighted by Crippen LogP contribution is -2.33. The lowest BCUT2D eigenvalue weighted by atomic mass is 10.6. The number of H-pyrrole nitrogens is 1. The fraction of sp³-hybridized carbons (Fsp3) is 0.286. The Morgan fingerprint density at radius 1 is 1.80 bits per heavy atom. The first-order chi connectivity index (χ1) is 4.34. The van der Waals surface area contributed by atoms with Gasteiger partial charge in [0.25, 0.3) is 5.82 Å². The van der Waals surface area contributed by atoms with Gasteiger partial charge in [-0.05, 0) is 0 Å². The van der Waals surface area contributed by atoms with Crippen molar-refractivity contribution < 1.29 is 10.0 Å². The van der Waals surface area contributed by atoms with Crippen LogP contribution in [0.25, 0.3) is 0 Å². The summed E-state index contributed by atoms with van der Waals surface area (Å²) in [6.07, 6.45) is 5.79. The van der Waals surface area contributed by atoms with Gasteiger partial charge < -0.3 is 5.48 Å². The first-order valence-corrected chi connectivity index (χ1v) is 2.99. The molecule has 10 heavy (non-hydrogen) atoms. The van der Waals surface area contributed by atoms with Crippen molar-refractivity contribution in [1.82, 2.24) is 4.98 Å². The highest BCUT2D eigenvalue weighted by atomic mass is 16.0. The third-order valence-electron chi connectivity index (χ3n) is 1.30. The summed E-state index contributed by atoms with van der Waals surface area (Å²) in [6, 6.07) is 0. The van der Waals surface area contributed by atoms with Crippen LogP contribution in [0.1, 0.15) is 5.82 Å². The van der Waals surface area contributed by atoms with Gasteiger partial charge in [-0.2, -0.15) is 0 Å². The summed E-state index contributed by atoms with van der Waals surface area (Å²) in [6.45, 7) is 6.56. The second-order valence-corrected chi connectivity index (χ2v) is 1.99. The highest BCUT2D eigenvalue weighted by molar-refractivity contribution is 4.72. The van der Waals surface area contributed by atoms with Gasteiger partial charge in [0.05, 0.1) is 0 Å². The van der Waals surface area contributed by atoms with Crippen LogP contribution >= 0.6 is 0 Å². The quantitative estimate of drug-likeness (QED) is 0.475. The average Bonchev–Trinajstić information content (AvgIpc) is 2.18. The number of aryl methyl sites for hydroxylation is 1. The molecule has 0 bridgehead atoms. The molecule has 0 aliphatic carbocycles. The van der Waals surface area contributed by atoms with Crippen LogP contribution in [0.4, 0.5) is 0 Å². The van der Waals surface area contributed by atoms with Crippen LogP contribution in [0.5, 0.6) is 0 Å². The summed E-state index contributed by atoms with van der Waals surface area (Å²) in [4.78, 5) is 3.07. The Labute approximate surface area is 60.3 Å². The van der Waals surface area contributed by atoms with Crippen molar-refractivity contribution in [3.05, 3.63) is 30.9 Å². The number of imidazole rings is 1. The van der Waals surface area contributed by atoms with Gasteiger partial charge in [0.15, 0.2) is 0 Å². The first-order valence-electron chi connectivity index (χ1n) is 2.99. The van der Waals surface area contributed by atoms with Gasteiger partial charge in [0.2, 0.25) is 0 Å². The van der Waals surface area contributed by atoms with E-state index >= 15 is 0 Å². The molecule has 0 amide bonds. The Kier molecular flexibility index (Phi) is 3.43. The van der Waals surface area contributed by atoms with Crippen LogP contribution in [0.2, 0.25) is 0 Å². The van der Waals surface area contributed by atoms with Gasteiger partial charge >= 0.3 is 0 Å². The number of aromatic amines is 1. The third-order valence-corrected chi connectivity index (χ3v) is 1.30. The molecule has 0 unspecified atom stereocenters. The van der Waals surface area contributed by atoms with Crippen molar-refractivity contribution >= 4 is 0 Å². The highest BCUT2D eigenvalue weighted by Gasteiger charge is 1.98. The van der Waals surface area contributed by atoms with Gasteiger partial charge in [0, 0.05) is 6.92 Å². The lowest BCUT2D eigenvalue weighted by molar-refractivity contribution is -0.691. The van der Waals surface area contributed by atoms with Crippen molar-refractivity contribution in [2.45, 2.75) is 13.5 Å². The van der Waals surface area contributed by atoms with Gasteiger partial charge in [-0.3, -0.25) is 0 Å². The van der Waals surface area contributed by atoms with E-state index in [4.69, 9.17) is 0 Å². The minimum Gasteiger partial charge on any atom is -0.870 e. The Bertz CT molecular complexity index is 205. The number of hydrogen-bond acceptors (Lipinski definition) is 1. The van der Waals surface area contributed by atoms with E-state index in [1.807, 2.05) is 25.4 Å². The van der Waals surface area contributed by atoms with Crippen LogP contribution in [0.3, 0.4) is 0 Å². The molecule has 1 aromatic rings. The van der Waals surface area contributed by atoms with Crippen LogP contribution < -0.4 is 4.57 Å². The Balaban J connectivity index is 0.000000810. The maximum absolute atomic E-state index is 3.64. The van der Waals surface area contributed by atoms with Gasteiger partial charge in [0.1, 0.15) is 18.9 Å². The SMILES string of the molecule is C=CC[n+]1cc[nH]c1C.[OH-]. The summed E-state index contributed by atoms with van der Waals surface area (Å²) in [5, 5.41) is 0. The van der Waals surface area contributed by atoms with Crippen molar-refractivity contribution in [1.29, 1.82) is 0 Å². The smallest absolute Gasteiger partial charge is 0.251 e. The average molecular weight is 140 g/mol. The topological polar surface area (TPSA) is 49.7 Å². The molecule has 3 nitrogen and oxygen atoms in total. The Morgan fingerprint density at radius 2 is 2.50 bits per heavy atom. The molecular formula is C7H12N2O. The Morgan fingerprint density at radius 3 is 2.90 bits per heavy atom. The molecule has 2 N–H and O–H groups in total. The van der Waals surface area contributed by atoms with E-state index in [0.717, 1.165) is 12.4 Å². The predicted molar refractivity (Wildman–Crippen MR) is 37.9 cm³/mol. The summed E-state index contributed by atoms with van der Waals surface area (Å²) in [5.41, 5.74) is 0. The van der Waals surface area contributed by atoms with E-state index < -0.39 is 0 Å². The maximum Gasteiger partial charge on any atom is 0.251 e. The molecular weight excluding hydrogens is 128 g/mol. The van der Waals surface area contributed by atoms with Crippen LogP contribution in [-0.2, 0) is 6.54 Å². The number of nitrogens with one attached hydrogen (secondary N) is 1. The second kappa shape index (κ2) is 3.85. The monoisotopic (exact) mass is 140 g/mol. The first kappa shape index (κ1) is 8.91. The molecule has 3 heteroatoms. The standard InChI is InChI=1S/C7H10N2.H2O/c1-3-5-9-6-4-8-7(9)2;/h3-4,6H,1,5H2,2H3;1H2. The summed E-state index contributed by atoms with van der Waals surface area (Å²) < 4.78 is 2.09.